The maximum atomic E-state index is 11.2. The molecule has 1 aromatic heterocycles. The fourth-order valence-corrected chi connectivity index (χ4v) is 3.31. The molecule has 2 rings (SSSR count). The van der Waals surface area contributed by atoms with E-state index in [-0.39, 0.29) is 23.2 Å². The van der Waals surface area contributed by atoms with Gasteiger partial charge in [0.25, 0.3) is 5.82 Å². The first-order chi connectivity index (χ1) is 6.98. The Balaban J connectivity index is 2.21. The van der Waals surface area contributed by atoms with E-state index in [0.29, 0.717) is 12.2 Å². The minimum Gasteiger partial charge on any atom is -0.475 e. The molecule has 82 valence electrons. The lowest BCUT2D eigenvalue weighted by atomic mass is 10.1. The second kappa shape index (κ2) is 3.30. The van der Waals surface area contributed by atoms with Gasteiger partial charge in [0.05, 0.1) is 11.5 Å². The summed E-state index contributed by atoms with van der Waals surface area (Å²) in [6.45, 7) is 0. The molecule has 0 spiro atoms. The fourth-order valence-electron chi connectivity index (χ4n) is 1.56. The summed E-state index contributed by atoms with van der Waals surface area (Å²) in [7, 11) is -2.99. The molecule has 8 heteroatoms. The Morgan fingerprint density at radius 3 is 2.73 bits per heavy atom. The van der Waals surface area contributed by atoms with Gasteiger partial charge in [0.15, 0.2) is 9.84 Å². The second-order valence-electron chi connectivity index (χ2n) is 3.45. The summed E-state index contributed by atoms with van der Waals surface area (Å²) in [5.74, 6) is -1.32. The van der Waals surface area contributed by atoms with Crippen molar-refractivity contribution in [2.24, 2.45) is 0 Å². The molecule has 1 atom stereocenters. The van der Waals surface area contributed by atoms with E-state index >= 15 is 0 Å². The number of carbonyl (C=O) groups is 1. The number of aromatic amines is 1. The van der Waals surface area contributed by atoms with Crippen LogP contribution in [0.2, 0.25) is 0 Å². The summed E-state index contributed by atoms with van der Waals surface area (Å²) in [5.41, 5.74) is 0. The van der Waals surface area contributed by atoms with E-state index in [1.165, 1.54) is 0 Å². The van der Waals surface area contributed by atoms with Crippen LogP contribution in [0.1, 0.15) is 28.8 Å². The number of carboxylic acid groups (broad SMARTS) is 1. The lowest BCUT2D eigenvalue weighted by Crippen LogP contribution is -2.05. The standard InChI is InChI=1S/C7H9N3O4S/c11-7(12)6-8-5(9-10-6)4-1-2-15(13,14)3-4/h4H,1-3H2,(H,11,12)(H,8,9,10). The molecular weight excluding hydrogens is 222 g/mol. The second-order valence-corrected chi connectivity index (χ2v) is 5.68. The van der Waals surface area contributed by atoms with Gasteiger partial charge in [-0.25, -0.2) is 18.2 Å². The highest BCUT2D eigenvalue weighted by atomic mass is 32.2. The van der Waals surface area contributed by atoms with Crippen molar-refractivity contribution in [2.45, 2.75) is 12.3 Å². The molecule has 0 radical (unpaired) electrons. The molecule has 1 fully saturated rings. The summed E-state index contributed by atoms with van der Waals surface area (Å²) in [6, 6.07) is 0. The maximum absolute atomic E-state index is 11.2. The Kier molecular flexibility index (Phi) is 2.22. The van der Waals surface area contributed by atoms with Gasteiger partial charge in [-0.3, -0.25) is 5.10 Å². The number of aromatic carboxylic acids is 1. The molecule has 7 nitrogen and oxygen atoms in total. The largest absolute Gasteiger partial charge is 0.475 e. The van der Waals surface area contributed by atoms with Crippen molar-refractivity contribution in [3.8, 4) is 0 Å². The fraction of sp³-hybridized carbons (Fsp3) is 0.571. The van der Waals surface area contributed by atoms with Crippen LogP contribution in [0, 0.1) is 0 Å². The van der Waals surface area contributed by atoms with Gasteiger partial charge in [-0.05, 0) is 6.42 Å². The van der Waals surface area contributed by atoms with Gasteiger partial charge < -0.3 is 5.11 Å². The van der Waals surface area contributed by atoms with Crippen molar-refractivity contribution in [2.75, 3.05) is 11.5 Å². The quantitative estimate of drug-likeness (QED) is 0.703. The summed E-state index contributed by atoms with van der Waals surface area (Å²) in [6.07, 6.45) is 0.469. The number of nitrogens with one attached hydrogen (secondary N) is 1. The summed E-state index contributed by atoms with van der Waals surface area (Å²) in [5, 5.41) is 14.5. The molecule has 1 saturated heterocycles. The molecule has 1 aliphatic heterocycles. The van der Waals surface area contributed by atoms with E-state index in [9.17, 15) is 13.2 Å². The molecule has 2 heterocycles. The van der Waals surface area contributed by atoms with Gasteiger partial charge in [-0.2, -0.15) is 0 Å². The molecule has 0 saturated carbocycles. The number of sulfone groups is 1. The smallest absolute Gasteiger partial charge is 0.375 e. The molecule has 2 N–H and O–H groups in total. The normalized spacial score (nSPS) is 24.1. The van der Waals surface area contributed by atoms with E-state index in [0.717, 1.165) is 0 Å². The Morgan fingerprint density at radius 2 is 2.27 bits per heavy atom. The van der Waals surface area contributed by atoms with E-state index in [2.05, 4.69) is 15.2 Å². The number of hydrogen-bond acceptors (Lipinski definition) is 5. The molecule has 1 unspecified atom stereocenters. The zero-order chi connectivity index (χ0) is 11.1. The topological polar surface area (TPSA) is 113 Å². The van der Waals surface area contributed by atoms with Crippen LogP contribution in [0.25, 0.3) is 0 Å². The highest BCUT2D eigenvalue weighted by Gasteiger charge is 2.31. The van der Waals surface area contributed by atoms with Crippen LogP contribution in [0.15, 0.2) is 0 Å². The average Bonchev–Trinajstić information content (AvgIpc) is 2.70. The van der Waals surface area contributed by atoms with Crippen molar-refractivity contribution in [1.82, 2.24) is 15.2 Å². The van der Waals surface area contributed by atoms with Crippen LogP contribution in [-0.2, 0) is 9.84 Å². The lowest BCUT2D eigenvalue weighted by molar-refractivity contribution is 0.0684. The van der Waals surface area contributed by atoms with Gasteiger partial charge in [0.1, 0.15) is 5.82 Å². The minimum atomic E-state index is -2.99. The molecular formula is C7H9N3O4S. The molecule has 0 aromatic carbocycles. The number of aromatic nitrogens is 3. The monoisotopic (exact) mass is 231 g/mol. The third-order valence-corrected chi connectivity index (χ3v) is 4.08. The molecule has 1 aromatic rings. The molecule has 0 amide bonds. The molecule has 1 aliphatic rings. The first kappa shape index (κ1) is 10.1. The number of rotatable bonds is 2. The van der Waals surface area contributed by atoms with E-state index < -0.39 is 15.8 Å². The highest BCUT2D eigenvalue weighted by molar-refractivity contribution is 7.91. The lowest BCUT2D eigenvalue weighted by Gasteiger charge is -1.99. The predicted octanol–water partition coefficient (Wildman–Crippen LogP) is -0.595. The Labute approximate surface area is 85.4 Å². The number of carboxylic acids is 1. The van der Waals surface area contributed by atoms with Crippen molar-refractivity contribution in [3.63, 3.8) is 0 Å². The first-order valence-electron chi connectivity index (χ1n) is 4.34. The highest BCUT2D eigenvalue weighted by Crippen LogP contribution is 2.26. The first-order valence-corrected chi connectivity index (χ1v) is 6.16. The van der Waals surface area contributed by atoms with Crippen LogP contribution in [-0.4, -0.2) is 46.2 Å². The van der Waals surface area contributed by atoms with Crippen molar-refractivity contribution >= 4 is 15.8 Å². The van der Waals surface area contributed by atoms with Crippen LogP contribution >= 0.6 is 0 Å². The maximum Gasteiger partial charge on any atom is 0.375 e. The van der Waals surface area contributed by atoms with Crippen molar-refractivity contribution in [1.29, 1.82) is 0 Å². The van der Waals surface area contributed by atoms with Gasteiger partial charge >= 0.3 is 5.97 Å². The number of H-pyrrole nitrogens is 1. The van der Waals surface area contributed by atoms with Crippen LogP contribution in [0.4, 0.5) is 0 Å². The van der Waals surface area contributed by atoms with Crippen LogP contribution in [0.5, 0.6) is 0 Å². The minimum absolute atomic E-state index is 0.0151. The zero-order valence-electron chi connectivity index (χ0n) is 7.67. The van der Waals surface area contributed by atoms with E-state index in [1.54, 1.807) is 0 Å². The van der Waals surface area contributed by atoms with Gasteiger partial charge in [0.2, 0.25) is 0 Å². The van der Waals surface area contributed by atoms with Crippen LogP contribution in [0.3, 0.4) is 0 Å². The van der Waals surface area contributed by atoms with Gasteiger partial charge in [-0.1, -0.05) is 0 Å². The Bertz CT molecular complexity index is 492. The van der Waals surface area contributed by atoms with E-state index in [1.807, 2.05) is 0 Å². The van der Waals surface area contributed by atoms with Gasteiger partial charge in [-0.15, -0.1) is 5.10 Å². The molecule has 0 aliphatic carbocycles. The SMILES string of the molecule is O=C(O)c1n[nH]c(C2CCS(=O)(=O)C2)n1. The Morgan fingerprint density at radius 1 is 1.53 bits per heavy atom. The summed E-state index contributed by atoms with van der Waals surface area (Å²) < 4.78 is 22.4. The third kappa shape index (κ3) is 1.99. The van der Waals surface area contributed by atoms with Crippen molar-refractivity contribution < 1.29 is 18.3 Å². The zero-order valence-corrected chi connectivity index (χ0v) is 8.49. The number of hydrogen-bond donors (Lipinski definition) is 2. The van der Waals surface area contributed by atoms with Crippen LogP contribution < -0.4 is 0 Å². The van der Waals surface area contributed by atoms with E-state index in [4.69, 9.17) is 5.11 Å². The number of nitrogens with zero attached hydrogens (tertiary/aromatic N) is 2. The third-order valence-electron chi connectivity index (χ3n) is 2.31. The average molecular weight is 231 g/mol. The van der Waals surface area contributed by atoms with Gasteiger partial charge in [0, 0.05) is 5.92 Å². The Hall–Kier alpha value is -1.44. The summed E-state index contributed by atoms with van der Waals surface area (Å²) in [4.78, 5) is 14.2. The molecule has 0 bridgehead atoms. The molecule has 15 heavy (non-hydrogen) atoms. The summed E-state index contributed by atoms with van der Waals surface area (Å²) >= 11 is 0. The predicted molar refractivity (Wildman–Crippen MR) is 49.4 cm³/mol. The van der Waals surface area contributed by atoms with Crippen molar-refractivity contribution in [3.05, 3.63) is 11.6 Å².